The van der Waals surface area contributed by atoms with Gasteiger partial charge >= 0.3 is 0 Å². The van der Waals surface area contributed by atoms with Crippen molar-refractivity contribution < 1.29 is 23.9 Å². The first-order chi connectivity index (χ1) is 17.3. The second-order valence-electron chi connectivity index (χ2n) is 10.6. The first-order valence-corrected chi connectivity index (χ1v) is 13.2. The lowest BCUT2D eigenvalue weighted by Crippen LogP contribution is -2.58. The van der Waals surface area contributed by atoms with Gasteiger partial charge in [-0.05, 0) is 36.5 Å². The van der Waals surface area contributed by atoms with Crippen LogP contribution in [0, 0.1) is 23.7 Å². The molecule has 1 saturated carbocycles. The maximum Gasteiger partial charge on any atom is 0.246 e. The van der Waals surface area contributed by atoms with Gasteiger partial charge in [-0.1, -0.05) is 56.5 Å². The van der Waals surface area contributed by atoms with E-state index in [0.29, 0.717) is 22.5 Å². The monoisotopic (exact) mass is 515 g/mol. The number of methoxy groups -OCH3 is 1. The summed E-state index contributed by atoms with van der Waals surface area (Å²) in [6.45, 7) is 4.91. The summed E-state index contributed by atoms with van der Waals surface area (Å²) in [5, 5.41) is 6.63. The molecule has 2 bridgehead atoms. The molecule has 5 rings (SSSR count). The van der Waals surface area contributed by atoms with Crippen molar-refractivity contribution in [1.82, 2.24) is 10.2 Å². The van der Waals surface area contributed by atoms with Crippen molar-refractivity contribution in [2.45, 2.75) is 56.9 Å². The molecule has 2 N–H and O–H groups in total. The number of rotatable bonds is 7. The molecule has 1 aromatic rings. The van der Waals surface area contributed by atoms with Crippen molar-refractivity contribution in [3.63, 3.8) is 0 Å². The van der Waals surface area contributed by atoms with Crippen LogP contribution in [0.1, 0.15) is 33.1 Å². The zero-order valence-electron chi connectivity index (χ0n) is 20.9. The maximum atomic E-state index is 13.8. The van der Waals surface area contributed by atoms with Crippen LogP contribution < -0.4 is 10.6 Å². The predicted octanol–water partition coefficient (Wildman–Crippen LogP) is 3.02. The highest BCUT2D eigenvalue weighted by atomic mass is 35.5. The van der Waals surface area contributed by atoms with E-state index >= 15 is 0 Å². The molecule has 4 aliphatic rings. The lowest BCUT2D eigenvalue weighted by atomic mass is 9.73. The fourth-order valence-corrected chi connectivity index (χ4v) is 6.73. The van der Waals surface area contributed by atoms with Crippen molar-refractivity contribution in [1.29, 1.82) is 0 Å². The molecule has 3 fully saturated rings. The Morgan fingerprint density at radius 1 is 1.25 bits per heavy atom. The summed E-state index contributed by atoms with van der Waals surface area (Å²) >= 11 is 6.08. The Kier molecular flexibility index (Phi) is 6.87. The summed E-state index contributed by atoms with van der Waals surface area (Å²) < 4.78 is 11.6. The van der Waals surface area contributed by atoms with Crippen LogP contribution in [0.3, 0.4) is 0 Å². The van der Waals surface area contributed by atoms with E-state index in [4.69, 9.17) is 21.1 Å². The summed E-state index contributed by atoms with van der Waals surface area (Å²) in [6.07, 6.45) is 6.19. The minimum absolute atomic E-state index is 0.0422. The summed E-state index contributed by atoms with van der Waals surface area (Å²) in [4.78, 5) is 42.6. The Labute approximate surface area is 216 Å². The number of hydrogen-bond donors (Lipinski definition) is 2. The van der Waals surface area contributed by atoms with Crippen LogP contribution in [0.15, 0.2) is 36.4 Å². The third kappa shape index (κ3) is 4.13. The third-order valence-corrected chi connectivity index (χ3v) is 8.82. The Bertz CT molecular complexity index is 1080. The Hall–Kier alpha value is -2.42. The zero-order valence-corrected chi connectivity index (χ0v) is 21.7. The van der Waals surface area contributed by atoms with Gasteiger partial charge in [-0.15, -0.1) is 0 Å². The first kappa shape index (κ1) is 25.2. The molecule has 36 heavy (non-hydrogen) atoms. The largest absolute Gasteiger partial charge is 0.383 e. The highest BCUT2D eigenvalue weighted by molar-refractivity contribution is 6.30. The fraction of sp³-hybridized carbons (Fsp3) is 0.593. The van der Waals surface area contributed by atoms with Crippen LogP contribution in [0.5, 0.6) is 0 Å². The molecule has 8 nitrogen and oxygen atoms in total. The average molecular weight is 516 g/mol. The molecule has 3 amide bonds. The molecule has 2 saturated heterocycles. The minimum Gasteiger partial charge on any atom is -0.383 e. The van der Waals surface area contributed by atoms with E-state index in [0.717, 1.165) is 19.3 Å². The van der Waals surface area contributed by atoms with Crippen molar-refractivity contribution in [3.8, 4) is 0 Å². The molecule has 3 aliphatic heterocycles. The number of anilines is 1. The van der Waals surface area contributed by atoms with E-state index in [2.05, 4.69) is 24.5 Å². The Morgan fingerprint density at radius 2 is 2.06 bits per heavy atom. The highest BCUT2D eigenvalue weighted by Crippen LogP contribution is 2.55. The number of ether oxygens (including phenoxy) is 2. The van der Waals surface area contributed by atoms with Gasteiger partial charge in [0.25, 0.3) is 0 Å². The van der Waals surface area contributed by atoms with E-state index < -0.39 is 29.6 Å². The van der Waals surface area contributed by atoms with Gasteiger partial charge < -0.3 is 25.0 Å². The second kappa shape index (κ2) is 9.80. The number of carbonyl (C=O) groups excluding carboxylic acids is 3. The highest BCUT2D eigenvalue weighted by Gasteiger charge is 2.72. The average Bonchev–Trinajstić information content (AvgIpc) is 3.48. The molecule has 0 unspecified atom stereocenters. The number of benzene rings is 1. The minimum atomic E-state index is -1.18. The fourth-order valence-electron chi connectivity index (χ4n) is 6.54. The molecule has 8 atom stereocenters. The number of hydrogen-bond acceptors (Lipinski definition) is 5. The van der Waals surface area contributed by atoms with Crippen LogP contribution in [0.25, 0.3) is 0 Å². The van der Waals surface area contributed by atoms with Crippen LogP contribution in [-0.2, 0) is 23.9 Å². The number of nitrogens with zero attached hydrogens (tertiary/aromatic N) is 1. The number of amides is 3. The molecule has 1 spiro atoms. The van der Waals surface area contributed by atoms with Gasteiger partial charge in [0, 0.05) is 30.4 Å². The topological polar surface area (TPSA) is 97.0 Å². The lowest BCUT2D eigenvalue weighted by Gasteiger charge is -2.38. The molecule has 194 valence electrons. The molecular formula is C27H34ClN3O5. The summed E-state index contributed by atoms with van der Waals surface area (Å²) in [5.41, 5.74) is -0.635. The van der Waals surface area contributed by atoms with E-state index in [-0.39, 0.29) is 36.9 Å². The van der Waals surface area contributed by atoms with Gasteiger partial charge in [0.05, 0.1) is 24.5 Å². The molecule has 3 heterocycles. The Morgan fingerprint density at radius 3 is 2.81 bits per heavy atom. The number of nitrogens with one attached hydrogen (secondary N) is 2. The van der Waals surface area contributed by atoms with E-state index in [9.17, 15) is 14.4 Å². The van der Waals surface area contributed by atoms with Gasteiger partial charge in [0.2, 0.25) is 17.7 Å². The SMILES string of the molecule is COCCN1C(=O)[C@H]2[C@H](C(=O)Nc3cccc(Cl)c3)[C@H]3C=C[C@@]2(O3)[C@@H]1C(=O)N[C@@H]1CCC[C@H](C)[C@@H]1C. The number of carbonyl (C=O) groups is 3. The third-order valence-electron chi connectivity index (χ3n) is 8.59. The molecule has 9 heteroatoms. The van der Waals surface area contributed by atoms with Crippen LogP contribution in [0.4, 0.5) is 5.69 Å². The van der Waals surface area contributed by atoms with Gasteiger partial charge in [-0.2, -0.15) is 0 Å². The molecule has 0 radical (unpaired) electrons. The van der Waals surface area contributed by atoms with Gasteiger partial charge in [0.15, 0.2) is 0 Å². The quantitative estimate of drug-likeness (QED) is 0.544. The summed E-state index contributed by atoms with van der Waals surface area (Å²) in [5.74, 6) is -1.49. The Balaban J connectivity index is 1.43. The predicted molar refractivity (Wildman–Crippen MR) is 135 cm³/mol. The number of fused-ring (bicyclic) bond motifs is 1. The molecule has 1 aliphatic carbocycles. The molecular weight excluding hydrogens is 482 g/mol. The standard InChI is InChI=1S/C27H34ClN3O5/c1-15-6-4-9-19(16(15)2)30-25(33)23-27-11-10-20(36-27)21(22(27)26(34)31(23)12-13-35-3)24(32)29-18-8-5-7-17(28)14-18/h5,7-8,10-11,14-16,19-23H,4,6,9,12-13H2,1-3H3,(H,29,32)(H,30,33)/t15-,16-,19+,20+,21+,22+,23-,27-/m0/s1. The zero-order chi connectivity index (χ0) is 25.6. The van der Waals surface area contributed by atoms with Gasteiger partial charge in [-0.25, -0.2) is 0 Å². The lowest BCUT2D eigenvalue weighted by molar-refractivity contribution is -0.142. The van der Waals surface area contributed by atoms with Gasteiger partial charge in [0.1, 0.15) is 11.6 Å². The van der Waals surface area contributed by atoms with Crippen LogP contribution in [0.2, 0.25) is 5.02 Å². The maximum absolute atomic E-state index is 13.8. The smallest absolute Gasteiger partial charge is 0.246 e. The molecule has 0 aromatic heterocycles. The normalized spacial score (nSPS) is 36.7. The molecule has 1 aromatic carbocycles. The van der Waals surface area contributed by atoms with Crippen LogP contribution >= 0.6 is 11.6 Å². The number of halogens is 1. The van der Waals surface area contributed by atoms with Crippen LogP contribution in [-0.4, -0.2) is 66.7 Å². The van der Waals surface area contributed by atoms with Crippen molar-refractivity contribution >= 4 is 35.0 Å². The number of likely N-dealkylation sites (tertiary alicyclic amines) is 1. The van der Waals surface area contributed by atoms with Gasteiger partial charge in [-0.3, -0.25) is 14.4 Å². The van der Waals surface area contributed by atoms with E-state index in [1.165, 1.54) is 0 Å². The first-order valence-electron chi connectivity index (χ1n) is 12.8. The van der Waals surface area contributed by atoms with E-state index in [1.807, 2.05) is 12.2 Å². The summed E-state index contributed by atoms with van der Waals surface area (Å²) in [7, 11) is 1.56. The van der Waals surface area contributed by atoms with E-state index in [1.54, 1.807) is 36.3 Å². The summed E-state index contributed by atoms with van der Waals surface area (Å²) in [6, 6.07) is 6.05. The second-order valence-corrected chi connectivity index (χ2v) is 11.0. The van der Waals surface area contributed by atoms with Crippen molar-refractivity contribution in [3.05, 3.63) is 41.4 Å². The van der Waals surface area contributed by atoms with Crippen molar-refractivity contribution in [2.24, 2.45) is 23.7 Å². The van der Waals surface area contributed by atoms with Crippen molar-refractivity contribution in [2.75, 3.05) is 25.6 Å².